The van der Waals surface area contributed by atoms with Crippen molar-refractivity contribution in [3.05, 3.63) is 29.3 Å². The Labute approximate surface area is 125 Å². The maximum atomic E-state index is 12.3. The molecule has 1 aliphatic heterocycles. The third-order valence-electron chi connectivity index (χ3n) is 4.67. The first-order chi connectivity index (χ1) is 9.93. The molecule has 21 heavy (non-hydrogen) atoms. The van der Waals surface area contributed by atoms with Gasteiger partial charge in [0.05, 0.1) is 6.42 Å². The van der Waals surface area contributed by atoms with Gasteiger partial charge >= 0.3 is 0 Å². The molecule has 1 aliphatic carbocycles. The van der Waals surface area contributed by atoms with Crippen LogP contribution in [-0.2, 0) is 11.2 Å². The van der Waals surface area contributed by atoms with Crippen molar-refractivity contribution in [1.82, 2.24) is 5.32 Å². The number of rotatable bonds is 2. The van der Waals surface area contributed by atoms with E-state index in [1.165, 1.54) is 0 Å². The Morgan fingerprint density at radius 3 is 2.71 bits per heavy atom. The van der Waals surface area contributed by atoms with Crippen LogP contribution in [-0.4, -0.2) is 17.9 Å². The summed E-state index contributed by atoms with van der Waals surface area (Å²) in [5, 5.41) is 5.91. The van der Waals surface area contributed by atoms with E-state index in [-0.39, 0.29) is 17.9 Å². The normalized spacial score (nSPS) is 20.8. The van der Waals surface area contributed by atoms with Crippen molar-refractivity contribution >= 4 is 17.5 Å². The molecule has 112 valence electrons. The molecule has 0 saturated heterocycles. The van der Waals surface area contributed by atoms with Crippen molar-refractivity contribution in [3.63, 3.8) is 0 Å². The molecule has 2 aliphatic rings. The van der Waals surface area contributed by atoms with E-state index in [2.05, 4.69) is 24.5 Å². The molecule has 2 N–H and O–H groups in total. The Morgan fingerprint density at radius 2 is 2.00 bits per heavy atom. The highest BCUT2D eigenvalue weighted by Crippen LogP contribution is 2.35. The Hall–Kier alpha value is -1.84. The van der Waals surface area contributed by atoms with Gasteiger partial charge in [0.15, 0.2) is 0 Å². The fourth-order valence-corrected chi connectivity index (χ4v) is 3.17. The van der Waals surface area contributed by atoms with Crippen molar-refractivity contribution in [3.8, 4) is 0 Å². The molecule has 4 heteroatoms. The van der Waals surface area contributed by atoms with Gasteiger partial charge in [-0.3, -0.25) is 9.59 Å². The smallest absolute Gasteiger partial charge is 0.251 e. The monoisotopic (exact) mass is 286 g/mol. The SMILES string of the molecule is CC1(C)CCC(NC(=O)c2ccc3c(c2)NC(=O)C3)CC1. The van der Waals surface area contributed by atoms with Crippen LogP contribution in [0.3, 0.4) is 0 Å². The number of hydrogen-bond acceptors (Lipinski definition) is 2. The summed E-state index contributed by atoms with van der Waals surface area (Å²) in [6.07, 6.45) is 4.80. The van der Waals surface area contributed by atoms with E-state index >= 15 is 0 Å². The molecule has 1 heterocycles. The summed E-state index contributed by atoms with van der Waals surface area (Å²) in [6, 6.07) is 5.73. The largest absolute Gasteiger partial charge is 0.349 e. The van der Waals surface area contributed by atoms with E-state index in [0.717, 1.165) is 36.9 Å². The van der Waals surface area contributed by atoms with Gasteiger partial charge in [0.1, 0.15) is 0 Å². The fourth-order valence-electron chi connectivity index (χ4n) is 3.17. The van der Waals surface area contributed by atoms with Gasteiger partial charge in [-0.2, -0.15) is 0 Å². The van der Waals surface area contributed by atoms with Gasteiger partial charge in [-0.15, -0.1) is 0 Å². The zero-order chi connectivity index (χ0) is 15.0. The minimum Gasteiger partial charge on any atom is -0.349 e. The Balaban J connectivity index is 1.64. The van der Waals surface area contributed by atoms with Crippen molar-refractivity contribution in [2.75, 3.05) is 5.32 Å². The minimum atomic E-state index is -0.0383. The molecule has 4 nitrogen and oxygen atoms in total. The summed E-state index contributed by atoms with van der Waals surface area (Å²) in [6.45, 7) is 4.57. The summed E-state index contributed by atoms with van der Waals surface area (Å²) in [5.74, 6) is -0.0410. The molecule has 1 saturated carbocycles. The Kier molecular flexibility index (Phi) is 3.47. The lowest BCUT2D eigenvalue weighted by Gasteiger charge is -2.34. The average Bonchev–Trinajstić information content (AvgIpc) is 2.80. The second-order valence-electron chi connectivity index (χ2n) is 7.01. The summed E-state index contributed by atoms with van der Waals surface area (Å²) in [5.41, 5.74) is 2.77. The van der Waals surface area contributed by atoms with E-state index in [1.54, 1.807) is 12.1 Å². The van der Waals surface area contributed by atoms with Crippen molar-refractivity contribution < 1.29 is 9.59 Å². The van der Waals surface area contributed by atoms with Crippen LogP contribution in [0.1, 0.15) is 55.5 Å². The van der Waals surface area contributed by atoms with Gasteiger partial charge < -0.3 is 10.6 Å². The highest BCUT2D eigenvalue weighted by molar-refractivity contribution is 6.02. The van der Waals surface area contributed by atoms with Crippen molar-refractivity contribution in [1.29, 1.82) is 0 Å². The first-order valence-electron chi connectivity index (χ1n) is 7.67. The van der Waals surface area contributed by atoms with Gasteiger partial charge in [0.25, 0.3) is 5.91 Å². The van der Waals surface area contributed by atoms with Crippen molar-refractivity contribution in [2.24, 2.45) is 5.41 Å². The van der Waals surface area contributed by atoms with Crippen LogP contribution in [0.2, 0.25) is 0 Å². The Bertz CT molecular complexity index is 582. The lowest BCUT2D eigenvalue weighted by Crippen LogP contribution is -2.39. The zero-order valence-corrected chi connectivity index (χ0v) is 12.7. The van der Waals surface area contributed by atoms with Gasteiger partial charge in [0, 0.05) is 17.3 Å². The molecule has 1 aromatic carbocycles. The van der Waals surface area contributed by atoms with Crippen LogP contribution < -0.4 is 10.6 Å². The van der Waals surface area contributed by atoms with Crippen LogP contribution in [0.25, 0.3) is 0 Å². The number of anilines is 1. The average molecular weight is 286 g/mol. The van der Waals surface area contributed by atoms with E-state index in [1.807, 2.05) is 6.07 Å². The molecule has 0 spiro atoms. The lowest BCUT2D eigenvalue weighted by atomic mass is 9.75. The van der Waals surface area contributed by atoms with E-state index in [0.29, 0.717) is 17.4 Å². The summed E-state index contributed by atoms with van der Waals surface area (Å²) >= 11 is 0. The van der Waals surface area contributed by atoms with Crippen LogP contribution in [0.5, 0.6) is 0 Å². The molecule has 0 unspecified atom stereocenters. The first-order valence-corrected chi connectivity index (χ1v) is 7.67. The standard InChI is InChI=1S/C17H22N2O2/c1-17(2)7-5-13(6-8-17)18-16(21)12-4-3-11-10-15(20)19-14(11)9-12/h3-4,9,13H,5-8,10H2,1-2H3,(H,18,21)(H,19,20). The van der Waals surface area contributed by atoms with E-state index in [9.17, 15) is 9.59 Å². The summed E-state index contributed by atoms with van der Waals surface area (Å²) in [4.78, 5) is 23.7. The number of nitrogens with one attached hydrogen (secondary N) is 2. The highest BCUT2D eigenvalue weighted by Gasteiger charge is 2.28. The number of amides is 2. The maximum Gasteiger partial charge on any atom is 0.251 e. The lowest BCUT2D eigenvalue weighted by molar-refractivity contribution is -0.115. The highest BCUT2D eigenvalue weighted by atomic mass is 16.2. The maximum absolute atomic E-state index is 12.3. The van der Waals surface area contributed by atoms with Gasteiger partial charge in [-0.05, 0) is 48.8 Å². The second kappa shape index (κ2) is 5.17. The van der Waals surface area contributed by atoms with E-state index in [4.69, 9.17) is 0 Å². The minimum absolute atomic E-state index is 0.00271. The van der Waals surface area contributed by atoms with Crippen LogP contribution in [0, 0.1) is 5.41 Å². The van der Waals surface area contributed by atoms with Crippen LogP contribution in [0.15, 0.2) is 18.2 Å². The quantitative estimate of drug-likeness (QED) is 0.878. The number of carbonyl (C=O) groups excluding carboxylic acids is 2. The molecule has 1 fully saturated rings. The fraction of sp³-hybridized carbons (Fsp3) is 0.529. The van der Waals surface area contributed by atoms with Gasteiger partial charge in [0.2, 0.25) is 5.91 Å². The molecule has 0 bridgehead atoms. The number of fused-ring (bicyclic) bond motifs is 1. The predicted molar refractivity (Wildman–Crippen MR) is 82.3 cm³/mol. The molecule has 0 radical (unpaired) electrons. The molecule has 3 rings (SSSR count). The topological polar surface area (TPSA) is 58.2 Å². The van der Waals surface area contributed by atoms with Crippen molar-refractivity contribution in [2.45, 2.75) is 52.0 Å². The second-order valence-corrected chi connectivity index (χ2v) is 7.01. The van der Waals surface area contributed by atoms with Crippen LogP contribution >= 0.6 is 0 Å². The third kappa shape index (κ3) is 3.09. The Morgan fingerprint density at radius 1 is 1.29 bits per heavy atom. The summed E-state index contributed by atoms with van der Waals surface area (Å²) < 4.78 is 0. The number of carbonyl (C=O) groups is 2. The molecule has 0 atom stereocenters. The molecule has 1 aromatic rings. The summed E-state index contributed by atoms with van der Waals surface area (Å²) in [7, 11) is 0. The molecule has 2 amide bonds. The molecular formula is C17H22N2O2. The van der Waals surface area contributed by atoms with Crippen LogP contribution in [0.4, 0.5) is 5.69 Å². The van der Waals surface area contributed by atoms with Gasteiger partial charge in [-0.25, -0.2) is 0 Å². The van der Waals surface area contributed by atoms with E-state index < -0.39 is 0 Å². The predicted octanol–water partition coefficient (Wildman–Crippen LogP) is 2.88. The number of hydrogen-bond donors (Lipinski definition) is 2. The third-order valence-corrected chi connectivity index (χ3v) is 4.67. The molecule has 0 aromatic heterocycles. The number of benzene rings is 1. The van der Waals surface area contributed by atoms with Gasteiger partial charge in [-0.1, -0.05) is 19.9 Å². The molecular weight excluding hydrogens is 264 g/mol. The zero-order valence-electron chi connectivity index (χ0n) is 12.7. The first kappa shape index (κ1) is 14.1.